The molecule has 1 aliphatic heterocycles. The first kappa shape index (κ1) is 25.5. The molecule has 0 saturated carbocycles. The number of anilines is 2. The van der Waals surface area contributed by atoms with Crippen molar-refractivity contribution in [3.63, 3.8) is 0 Å². The van der Waals surface area contributed by atoms with Crippen LogP contribution in [0.4, 0.5) is 24.5 Å². The first-order chi connectivity index (χ1) is 17.1. The van der Waals surface area contributed by atoms with E-state index in [1.807, 2.05) is 30.3 Å². The van der Waals surface area contributed by atoms with Crippen LogP contribution in [-0.2, 0) is 11.0 Å². The van der Waals surface area contributed by atoms with E-state index in [9.17, 15) is 18.0 Å². The molecular formula is C25H20ClF3N4O2S. The number of benzene rings is 3. The zero-order valence-electron chi connectivity index (χ0n) is 19.1. The highest BCUT2D eigenvalue weighted by atomic mass is 35.5. The van der Waals surface area contributed by atoms with Gasteiger partial charge in [0.1, 0.15) is 5.75 Å². The van der Waals surface area contributed by atoms with E-state index in [1.165, 1.54) is 18.1 Å². The maximum absolute atomic E-state index is 13.3. The Kier molecular flexibility index (Phi) is 7.18. The molecule has 1 heterocycles. The molecule has 0 radical (unpaired) electrons. The van der Waals surface area contributed by atoms with Crippen molar-refractivity contribution in [1.82, 2.24) is 5.32 Å². The molecule has 1 atom stereocenters. The number of hydrogen-bond acceptors (Lipinski definition) is 4. The molecule has 3 aromatic rings. The Bertz CT molecular complexity index is 1350. The number of likely N-dealkylation sites (N-methyl/N-ethyl adjacent to an activating group) is 1. The zero-order valence-corrected chi connectivity index (χ0v) is 20.6. The predicted molar refractivity (Wildman–Crippen MR) is 138 cm³/mol. The number of aliphatic imine (C=N–C) groups is 1. The summed E-state index contributed by atoms with van der Waals surface area (Å²) in [7, 11) is 2.86. The largest absolute Gasteiger partial charge is 0.497 e. The zero-order chi connectivity index (χ0) is 26.0. The molecule has 1 aliphatic rings. The van der Waals surface area contributed by atoms with Gasteiger partial charge in [-0.05, 0) is 42.5 Å². The van der Waals surface area contributed by atoms with Crippen LogP contribution in [0.1, 0.15) is 16.7 Å². The van der Waals surface area contributed by atoms with Crippen molar-refractivity contribution in [2.45, 2.75) is 12.3 Å². The lowest BCUT2D eigenvalue weighted by molar-refractivity contribution is -0.137. The third kappa shape index (κ3) is 5.44. The molecule has 0 aromatic heterocycles. The van der Waals surface area contributed by atoms with Crippen LogP contribution in [0, 0.1) is 0 Å². The number of fused-ring (bicyclic) bond motifs is 1. The van der Waals surface area contributed by atoms with Crippen LogP contribution < -0.4 is 20.3 Å². The van der Waals surface area contributed by atoms with Gasteiger partial charge in [0.15, 0.2) is 5.11 Å². The normalized spacial score (nSPS) is 15.5. The Morgan fingerprint density at radius 3 is 2.50 bits per heavy atom. The number of ether oxygens (including phenoxy) is 1. The molecule has 0 bridgehead atoms. The van der Waals surface area contributed by atoms with Gasteiger partial charge in [0.05, 0.1) is 24.1 Å². The molecule has 11 heteroatoms. The summed E-state index contributed by atoms with van der Waals surface area (Å²) in [6.07, 6.45) is -5.74. The number of nitrogens with zero attached hydrogens (tertiary/aromatic N) is 2. The number of alkyl halides is 3. The fourth-order valence-corrected chi connectivity index (χ4v) is 4.11. The quantitative estimate of drug-likeness (QED) is 0.435. The highest BCUT2D eigenvalue weighted by Crippen LogP contribution is 2.34. The van der Waals surface area contributed by atoms with Crippen molar-refractivity contribution in [3.05, 3.63) is 88.4 Å². The molecule has 2 N–H and O–H groups in total. The number of thiocarbonyl (C=S) groups is 1. The number of carbonyl (C=O) groups is 1. The number of amides is 1. The van der Waals surface area contributed by atoms with Crippen LogP contribution in [0.5, 0.6) is 5.75 Å². The summed E-state index contributed by atoms with van der Waals surface area (Å²) in [6.45, 7) is 0. The second-order valence-corrected chi connectivity index (χ2v) is 8.70. The molecule has 6 nitrogen and oxygen atoms in total. The fraction of sp³-hybridized carbons (Fsp3) is 0.160. The Hall–Kier alpha value is -3.63. The van der Waals surface area contributed by atoms with Crippen LogP contribution in [0.2, 0.25) is 5.02 Å². The number of carbonyl (C=O) groups excluding carboxylic acids is 1. The summed E-state index contributed by atoms with van der Waals surface area (Å²) in [6, 6.07) is 17.5. The number of rotatable bonds is 4. The smallest absolute Gasteiger partial charge is 0.416 e. The summed E-state index contributed by atoms with van der Waals surface area (Å²) in [5, 5.41) is 5.89. The molecule has 0 spiro atoms. The van der Waals surface area contributed by atoms with E-state index in [0.717, 1.165) is 17.7 Å². The number of methoxy groups -OCH3 is 1. The molecule has 3 aromatic carbocycles. The van der Waals surface area contributed by atoms with E-state index >= 15 is 0 Å². The minimum Gasteiger partial charge on any atom is -0.497 e. The maximum Gasteiger partial charge on any atom is 0.416 e. The highest BCUT2D eigenvalue weighted by molar-refractivity contribution is 7.80. The van der Waals surface area contributed by atoms with Gasteiger partial charge >= 0.3 is 6.18 Å². The number of halogens is 4. The lowest BCUT2D eigenvalue weighted by Gasteiger charge is -2.22. The van der Waals surface area contributed by atoms with E-state index in [1.54, 1.807) is 25.2 Å². The Labute approximate surface area is 215 Å². The number of hydrogen-bond donors (Lipinski definition) is 2. The molecule has 4 rings (SSSR count). The van der Waals surface area contributed by atoms with Crippen LogP contribution >= 0.6 is 23.8 Å². The standard InChI is InChI=1S/C25H20ClF3N4O2S/c1-33-20-9-8-16(26)12-19(20)21(14-6-4-3-5-7-14)31-22(23(33)34)32-24(36)30-17-10-15(25(27,28)29)11-18(13-17)35-2/h3-13,22H,1-2H3,(H2,30,32,36). The average Bonchev–Trinajstić information content (AvgIpc) is 2.94. The van der Waals surface area contributed by atoms with Crippen LogP contribution in [0.25, 0.3) is 0 Å². The predicted octanol–water partition coefficient (Wildman–Crippen LogP) is 5.49. The van der Waals surface area contributed by atoms with Gasteiger partial charge in [-0.1, -0.05) is 41.9 Å². The lowest BCUT2D eigenvalue weighted by atomic mass is 10.0. The second-order valence-electron chi connectivity index (χ2n) is 7.85. The topological polar surface area (TPSA) is 66.0 Å². The van der Waals surface area contributed by atoms with Gasteiger partial charge in [-0.25, -0.2) is 4.99 Å². The Balaban J connectivity index is 1.68. The Morgan fingerprint density at radius 2 is 1.83 bits per heavy atom. The first-order valence-electron chi connectivity index (χ1n) is 10.6. The summed E-state index contributed by atoms with van der Waals surface area (Å²) < 4.78 is 44.8. The number of benzodiazepines with no additional fused rings is 1. The summed E-state index contributed by atoms with van der Waals surface area (Å²) >= 11 is 11.6. The van der Waals surface area contributed by atoms with Crippen LogP contribution in [0.3, 0.4) is 0 Å². The van der Waals surface area contributed by atoms with Crippen molar-refractivity contribution >= 4 is 51.9 Å². The van der Waals surface area contributed by atoms with Gasteiger partial charge < -0.3 is 20.3 Å². The monoisotopic (exact) mass is 532 g/mol. The number of nitrogens with one attached hydrogen (secondary N) is 2. The maximum atomic E-state index is 13.3. The molecule has 0 aliphatic carbocycles. The highest BCUT2D eigenvalue weighted by Gasteiger charge is 2.33. The average molecular weight is 533 g/mol. The first-order valence-corrected chi connectivity index (χ1v) is 11.4. The van der Waals surface area contributed by atoms with E-state index in [2.05, 4.69) is 15.6 Å². The van der Waals surface area contributed by atoms with Gasteiger partial charge in [0.2, 0.25) is 6.17 Å². The van der Waals surface area contributed by atoms with E-state index in [-0.39, 0.29) is 16.5 Å². The van der Waals surface area contributed by atoms with E-state index < -0.39 is 23.8 Å². The van der Waals surface area contributed by atoms with Crippen LogP contribution in [-0.4, -0.2) is 37.1 Å². The van der Waals surface area contributed by atoms with Gasteiger partial charge in [-0.3, -0.25) is 4.79 Å². The molecular weight excluding hydrogens is 513 g/mol. The molecule has 1 unspecified atom stereocenters. The molecule has 0 fully saturated rings. The SMILES string of the molecule is COc1cc(NC(=S)NC2N=C(c3ccccc3)c3cc(Cl)ccc3N(C)C2=O)cc(C(F)(F)F)c1. The second kappa shape index (κ2) is 10.2. The van der Waals surface area contributed by atoms with Gasteiger partial charge in [-0.15, -0.1) is 0 Å². The third-order valence-corrected chi connectivity index (χ3v) is 5.90. The molecule has 36 heavy (non-hydrogen) atoms. The molecule has 0 saturated heterocycles. The van der Waals surface area contributed by atoms with Crippen molar-refractivity contribution in [1.29, 1.82) is 0 Å². The lowest BCUT2D eigenvalue weighted by Crippen LogP contribution is -2.47. The molecule has 186 valence electrons. The summed E-state index contributed by atoms with van der Waals surface area (Å²) in [5.74, 6) is -0.424. The van der Waals surface area contributed by atoms with E-state index in [0.29, 0.717) is 22.0 Å². The minimum absolute atomic E-state index is 0.00267. The van der Waals surface area contributed by atoms with Crippen molar-refractivity contribution < 1.29 is 22.7 Å². The van der Waals surface area contributed by atoms with Gasteiger partial charge in [0, 0.05) is 35.0 Å². The van der Waals surface area contributed by atoms with Crippen LogP contribution in [0.15, 0.2) is 71.7 Å². The van der Waals surface area contributed by atoms with Gasteiger partial charge in [-0.2, -0.15) is 13.2 Å². The minimum atomic E-state index is -4.58. The summed E-state index contributed by atoms with van der Waals surface area (Å²) in [4.78, 5) is 19.4. The van der Waals surface area contributed by atoms with Crippen molar-refractivity contribution in [3.8, 4) is 5.75 Å². The van der Waals surface area contributed by atoms with Crippen molar-refractivity contribution in [2.24, 2.45) is 4.99 Å². The van der Waals surface area contributed by atoms with E-state index in [4.69, 9.17) is 28.6 Å². The Morgan fingerprint density at radius 1 is 1.11 bits per heavy atom. The third-order valence-electron chi connectivity index (χ3n) is 5.44. The summed E-state index contributed by atoms with van der Waals surface area (Å²) in [5.41, 5.74) is 1.63. The van der Waals surface area contributed by atoms with Crippen molar-refractivity contribution in [2.75, 3.05) is 24.4 Å². The fourth-order valence-electron chi connectivity index (χ4n) is 3.71. The van der Waals surface area contributed by atoms with Gasteiger partial charge in [0.25, 0.3) is 5.91 Å². The molecule has 1 amide bonds.